The molecule has 0 atom stereocenters. The summed E-state index contributed by atoms with van der Waals surface area (Å²) in [5.74, 6) is 0.223. The Morgan fingerprint density at radius 1 is 1.24 bits per heavy atom. The van der Waals surface area contributed by atoms with Crippen LogP contribution in [-0.4, -0.2) is 15.3 Å². The molecule has 0 amide bonds. The molecule has 3 nitrogen and oxygen atoms in total. The van der Waals surface area contributed by atoms with Gasteiger partial charge in [-0.2, -0.15) is 5.10 Å². The summed E-state index contributed by atoms with van der Waals surface area (Å²) in [7, 11) is 0. The summed E-state index contributed by atoms with van der Waals surface area (Å²) in [6.07, 6.45) is 3.46. The number of hydrogen-bond donors (Lipinski definition) is 2. The minimum atomic E-state index is -0.184. The van der Waals surface area contributed by atoms with Crippen molar-refractivity contribution in [2.24, 2.45) is 0 Å². The second kappa shape index (κ2) is 4.08. The second-order valence-corrected chi connectivity index (χ2v) is 5.50. The van der Waals surface area contributed by atoms with E-state index < -0.39 is 0 Å². The molecule has 0 fully saturated rings. The van der Waals surface area contributed by atoms with Crippen molar-refractivity contribution < 1.29 is 5.11 Å². The lowest BCUT2D eigenvalue weighted by molar-refractivity contribution is 0.447. The lowest BCUT2D eigenvalue weighted by Crippen LogP contribution is -2.12. The molecule has 1 aromatic heterocycles. The number of benzene rings is 1. The first kappa shape index (κ1) is 12.0. The van der Waals surface area contributed by atoms with Crippen molar-refractivity contribution in [1.82, 2.24) is 10.2 Å². The van der Waals surface area contributed by atoms with Gasteiger partial charge >= 0.3 is 0 Å². The Kier molecular flexibility index (Phi) is 2.87. The van der Waals surface area contributed by atoms with Crippen LogP contribution >= 0.6 is 11.6 Å². The molecule has 0 spiro atoms. The Morgan fingerprint density at radius 2 is 1.94 bits per heavy atom. The number of rotatable bonds is 1. The van der Waals surface area contributed by atoms with Gasteiger partial charge in [-0.1, -0.05) is 32.4 Å². The lowest BCUT2D eigenvalue weighted by atomic mass is 9.85. The molecule has 4 heteroatoms. The maximum absolute atomic E-state index is 10.1. The fourth-order valence-electron chi connectivity index (χ4n) is 1.91. The first-order valence-electron chi connectivity index (χ1n) is 5.42. The average molecular weight is 251 g/mol. The Bertz CT molecular complexity index is 504. The van der Waals surface area contributed by atoms with E-state index in [0.717, 1.165) is 16.7 Å². The van der Waals surface area contributed by atoms with Crippen LogP contribution < -0.4 is 0 Å². The van der Waals surface area contributed by atoms with Crippen LogP contribution in [0.3, 0.4) is 0 Å². The first-order chi connectivity index (χ1) is 7.89. The zero-order valence-corrected chi connectivity index (χ0v) is 10.8. The topological polar surface area (TPSA) is 48.9 Å². The molecule has 0 saturated heterocycles. The van der Waals surface area contributed by atoms with Crippen LogP contribution in [0.4, 0.5) is 0 Å². The van der Waals surface area contributed by atoms with Crippen LogP contribution in [-0.2, 0) is 5.41 Å². The summed E-state index contributed by atoms with van der Waals surface area (Å²) >= 11 is 6.25. The first-order valence-corrected chi connectivity index (χ1v) is 5.79. The Labute approximate surface area is 105 Å². The highest BCUT2D eigenvalue weighted by atomic mass is 35.5. The van der Waals surface area contributed by atoms with Gasteiger partial charge in [-0.05, 0) is 23.1 Å². The van der Waals surface area contributed by atoms with Gasteiger partial charge in [0.25, 0.3) is 0 Å². The summed E-state index contributed by atoms with van der Waals surface area (Å²) in [6, 6.07) is 3.57. The van der Waals surface area contributed by atoms with Gasteiger partial charge < -0.3 is 5.11 Å². The number of aromatic hydroxyl groups is 1. The molecule has 0 radical (unpaired) electrons. The normalized spacial score (nSPS) is 11.8. The maximum Gasteiger partial charge on any atom is 0.121 e. The molecule has 0 saturated carbocycles. The van der Waals surface area contributed by atoms with Crippen LogP contribution in [0.25, 0.3) is 11.1 Å². The molecule has 2 N–H and O–H groups in total. The number of phenolic OH excluding ortho intramolecular Hbond substituents is 1. The van der Waals surface area contributed by atoms with E-state index in [-0.39, 0.29) is 11.2 Å². The summed E-state index contributed by atoms with van der Waals surface area (Å²) in [4.78, 5) is 0. The number of halogens is 1. The zero-order valence-electron chi connectivity index (χ0n) is 10.1. The molecular formula is C13H15ClN2O. The highest BCUT2D eigenvalue weighted by Crippen LogP contribution is 2.39. The number of hydrogen-bond acceptors (Lipinski definition) is 2. The van der Waals surface area contributed by atoms with Crippen LogP contribution in [0.1, 0.15) is 26.3 Å². The molecule has 0 aliphatic rings. The van der Waals surface area contributed by atoms with Crippen LogP contribution in [0, 0.1) is 0 Å². The third-order valence-electron chi connectivity index (χ3n) is 2.65. The molecular weight excluding hydrogens is 236 g/mol. The highest BCUT2D eigenvalue weighted by molar-refractivity contribution is 6.32. The van der Waals surface area contributed by atoms with E-state index in [1.165, 1.54) is 0 Å². The van der Waals surface area contributed by atoms with Crippen LogP contribution in [0.15, 0.2) is 24.5 Å². The second-order valence-electron chi connectivity index (χ2n) is 5.09. The van der Waals surface area contributed by atoms with Crippen molar-refractivity contribution in [2.45, 2.75) is 26.2 Å². The molecule has 17 heavy (non-hydrogen) atoms. The molecule has 2 rings (SSSR count). The molecule has 1 heterocycles. The Hall–Kier alpha value is -1.48. The van der Waals surface area contributed by atoms with E-state index >= 15 is 0 Å². The molecule has 1 aromatic carbocycles. The predicted molar refractivity (Wildman–Crippen MR) is 69.4 cm³/mol. The number of aromatic nitrogens is 2. The van der Waals surface area contributed by atoms with Crippen molar-refractivity contribution in [3.8, 4) is 16.9 Å². The molecule has 0 aliphatic carbocycles. The molecule has 0 bridgehead atoms. The predicted octanol–water partition coefficient (Wildman–Crippen LogP) is 3.73. The zero-order chi connectivity index (χ0) is 12.6. The van der Waals surface area contributed by atoms with Gasteiger partial charge in [0.1, 0.15) is 5.75 Å². The number of phenols is 1. The van der Waals surface area contributed by atoms with E-state index in [0.29, 0.717) is 5.02 Å². The highest BCUT2D eigenvalue weighted by Gasteiger charge is 2.22. The SMILES string of the molecule is CC(C)(C)c1c(O)cc(-c2cn[nH]c2)cc1Cl. The monoisotopic (exact) mass is 250 g/mol. The summed E-state index contributed by atoms with van der Waals surface area (Å²) in [6.45, 7) is 6.06. The summed E-state index contributed by atoms with van der Waals surface area (Å²) < 4.78 is 0. The largest absolute Gasteiger partial charge is 0.508 e. The summed E-state index contributed by atoms with van der Waals surface area (Å²) in [5, 5.41) is 17.3. The van der Waals surface area contributed by atoms with Gasteiger partial charge in [0.05, 0.1) is 6.20 Å². The van der Waals surface area contributed by atoms with Gasteiger partial charge in [0.2, 0.25) is 0 Å². The van der Waals surface area contributed by atoms with Crippen LogP contribution in [0.5, 0.6) is 5.75 Å². The van der Waals surface area contributed by atoms with Gasteiger partial charge in [-0.15, -0.1) is 0 Å². The van der Waals surface area contributed by atoms with E-state index in [1.807, 2.05) is 26.8 Å². The average Bonchev–Trinajstić information content (AvgIpc) is 2.66. The lowest BCUT2D eigenvalue weighted by Gasteiger charge is -2.22. The fourth-order valence-corrected chi connectivity index (χ4v) is 2.41. The smallest absolute Gasteiger partial charge is 0.121 e. The number of nitrogens with zero attached hydrogens (tertiary/aromatic N) is 1. The maximum atomic E-state index is 10.1. The molecule has 90 valence electrons. The van der Waals surface area contributed by atoms with E-state index in [1.54, 1.807) is 18.5 Å². The minimum Gasteiger partial charge on any atom is -0.508 e. The Balaban J connectivity index is 2.57. The van der Waals surface area contributed by atoms with Crippen molar-refractivity contribution in [1.29, 1.82) is 0 Å². The van der Waals surface area contributed by atoms with E-state index in [4.69, 9.17) is 11.6 Å². The Morgan fingerprint density at radius 3 is 2.41 bits per heavy atom. The third kappa shape index (κ3) is 2.29. The van der Waals surface area contributed by atoms with E-state index in [2.05, 4.69) is 10.2 Å². The quantitative estimate of drug-likeness (QED) is 0.810. The minimum absolute atomic E-state index is 0.184. The van der Waals surface area contributed by atoms with Crippen molar-refractivity contribution in [2.75, 3.05) is 0 Å². The van der Waals surface area contributed by atoms with Gasteiger partial charge in [-0.25, -0.2) is 0 Å². The van der Waals surface area contributed by atoms with Crippen LogP contribution in [0.2, 0.25) is 5.02 Å². The van der Waals surface area contributed by atoms with Crippen molar-refractivity contribution in [3.63, 3.8) is 0 Å². The number of H-pyrrole nitrogens is 1. The van der Waals surface area contributed by atoms with Crippen molar-refractivity contribution >= 4 is 11.6 Å². The molecule has 2 aromatic rings. The van der Waals surface area contributed by atoms with Crippen molar-refractivity contribution in [3.05, 3.63) is 35.1 Å². The third-order valence-corrected chi connectivity index (χ3v) is 2.95. The molecule has 0 aliphatic heterocycles. The number of nitrogens with one attached hydrogen (secondary N) is 1. The summed E-state index contributed by atoms with van der Waals surface area (Å²) in [5.41, 5.74) is 2.35. The van der Waals surface area contributed by atoms with Gasteiger partial charge in [-0.3, -0.25) is 5.10 Å². The van der Waals surface area contributed by atoms with Gasteiger partial charge in [0, 0.05) is 22.3 Å². The molecule has 0 unspecified atom stereocenters. The van der Waals surface area contributed by atoms with Gasteiger partial charge in [0.15, 0.2) is 0 Å². The number of aromatic amines is 1. The van der Waals surface area contributed by atoms with E-state index in [9.17, 15) is 5.11 Å². The fraction of sp³-hybridized carbons (Fsp3) is 0.308. The standard InChI is InChI=1S/C13H15ClN2O/c1-13(2,3)12-10(14)4-8(5-11(12)17)9-6-15-16-7-9/h4-7,17H,1-3H3,(H,15,16).